The van der Waals surface area contributed by atoms with Crippen molar-refractivity contribution in [1.29, 1.82) is 0 Å². The van der Waals surface area contributed by atoms with Crippen LogP contribution in [0.1, 0.15) is 15.9 Å². The van der Waals surface area contributed by atoms with Crippen LogP contribution in [-0.2, 0) is 4.79 Å². The number of carbonyl (C=O) groups excluding carboxylic acids is 2. The van der Waals surface area contributed by atoms with E-state index in [0.717, 1.165) is 5.56 Å². The third-order valence-electron chi connectivity index (χ3n) is 2.54. The van der Waals surface area contributed by atoms with Crippen molar-refractivity contribution in [3.63, 3.8) is 0 Å². The lowest BCUT2D eigenvalue weighted by Gasteiger charge is -2.03. The summed E-state index contributed by atoms with van der Waals surface area (Å²) in [6, 6.07) is 13.6. The van der Waals surface area contributed by atoms with Crippen LogP contribution >= 0.6 is 11.6 Å². The molecule has 0 radical (unpaired) electrons. The Morgan fingerprint density at radius 3 is 2.45 bits per heavy atom. The summed E-state index contributed by atoms with van der Waals surface area (Å²) in [4.78, 5) is 22.5. The minimum Gasteiger partial charge on any atom is -0.423 e. The molecule has 0 saturated carbocycles. The molecule has 2 rings (SSSR count). The van der Waals surface area contributed by atoms with Gasteiger partial charge in [-0.15, -0.1) is 0 Å². The van der Waals surface area contributed by atoms with Crippen LogP contribution in [0.5, 0.6) is 5.75 Å². The topological polar surface area (TPSA) is 43.4 Å². The zero-order valence-corrected chi connectivity index (χ0v) is 11.2. The van der Waals surface area contributed by atoms with Gasteiger partial charge in [0.2, 0.25) is 0 Å². The second kappa shape index (κ2) is 6.68. The Bertz CT molecular complexity index is 645. The molecule has 0 heterocycles. The standard InChI is InChI=1S/C16H11ClO3/c17-14-8-5-12(6-9-14)7-10-16(19)20-15-4-2-1-3-13(15)11-18/h1-11H/b10-7+. The lowest BCUT2D eigenvalue weighted by atomic mass is 10.2. The molecule has 2 aromatic rings. The highest BCUT2D eigenvalue weighted by atomic mass is 35.5. The highest BCUT2D eigenvalue weighted by Crippen LogP contribution is 2.16. The van der Waals surface area contributed by atoms with E-state index in [9.17, 15) is 9.59 Å². The Labute approximate surface area is 121 Å². The Hall–Kier alpha value is -2.39. The lowest BCUT2D eigenvalue weighted by molar-refractivity contribution is -0.128. The largest absolute Gasteiger partial charge is 0.423 e. The van der Waals surface area contributed by atoms with Gasteiger partial charge >= 0.3 is 5.97 Å². The fourth-order valence-corrected chi connectivity index (χ4v) is 1.68. The van der Waals surface area contributed by atoms with Crippen LogP contribution in [0, 0.1) is 0 Å². The molecule has 2 aromatic carbocycles. The Balaban J connectivity index is 2.05. The first-order valence-electron chi connectivity index (χ1n) is 5.89. The Morgan fingerprint density at radius 2 is 1.75 bits per heavy atom. The number of carbonyl (C=O) groups is 2. The molecule has 0 aliphatic carbocycles. The molecule has 0 fully saturated rings. The van der Waals surface area contributed by atoms with Crippen LogP contribution in [0.25, 0.3) is 6.08 Å². The van der Waals surface area contributed by atoms with Gasteiger partial charge in [-0.1, -0.05) is 35.9 Å². The average Bonchev–Trinajstić information content (AvgIpc) is 2.47. The number of para-hydroxylation sites is 1. The second-order valence-electron chi connectivity index (χ2n) is 3.96. The third kappa shape index (κ3) is 3.80. The highest BCUT2D eigenvalue weighted by molar-refractivity contribution is 6.30. The van der Waals surface area contributed by atoms with Crippen molar-refractivity contribution in [2.45, 2.75) is 0 Å². The third-order valence-corrected chi connectivity index (χ3v) is 2.79. The summed E-state index contributed by atoms with van der Waals surface area (Å²) < 4.78 is 5.10. The summed E-state index contributed by atoms with van der Waals surface area (Å²) >= 11 is 5.77. The number of aldehydes is 1. The number of halogens is 1. The zero-order valence-electron chi connectivity index (χ0n) is 10.5. The maximum absolute atomic E-state index is 11.7. The van der Waals surface area contributed by atoms with Crippen LogP contribution in [0.4, 0.5) is 0 Å². The summed E-state index contributed by atoms with van der Waals surface area (Å²) in [7, 11) is 0. The van der Waals surface area contributed by atoms with Crippen LogP contribution in [-0.4, -0.2) is 12.3 Å². The van der Waals surface area contributed by atoms with Crippen molar-refractivity contribution in [1.82, 2.24) is 0 Å². The summed E-state index contributed by atoms with van der Waals surface area (Å²) in [5.41, 5.74) is 1.16. The molecule has 0 atom stereocenters. The molecule has 0 aromatic heterocycles. The molecule has 0 unspecified atom stereocenters. The van der Waals surface area contributed by atoms with Crippen LogP contribution in [0.2, 0.25) is 5.02 Å². The fourth-order valence-electron chi connectivity index (χ4n) is 1.55. The SMILES string of the molecule is O=Cc1ccccc1OC(=O)/C=C/c1ccc(Cl)cc1. The summed E-state index contributed by atoms with van der Waals surface area (Å²) in [5.74, 6) is -0.303. The molecular weight excluding hydrogens is 276 g/mol. The first-order chi connectivity index (χ1) is 9.69. The van der Waals surface area contributed by atoms with E-state index in [1.165, 1.54) is 6.08 Å². The van der Waals surface area contributed by atoms with Gasteiger partial charge in [0, 0.05) is 11.1 Å². The fraction of sp³-hybridized carbons (Fsp3) is 0. The molecule has 0 N–H and O–H groups in total. The quantitative estimate of drug-likeness (QED) is 0.372. The van der Waals surface area contributed by atoms with Crippen molar-refractivity contribution in [3.8, 4) is 5.75 Å². The van der Waals surface area contributed by atoms with Crippen molar-refractivity contribution in [2.24, 2.45) is 0 Å². The monoisotopic (exact) mass is 286 g/mol. The molecule has 20 heavy (non-hydrogen) atoms. The Morgan fingerprint density at radius 1 is 1.05 bits per heavy atom. The van der Waals surface area contributed by atoms with Crippen molar-refractivity contribution in [2.75, 3.05) is 0 Å². The normalized spacial score (nSPS) is 10.4. The van der Waals surface area contributed by atoms with Gasteiger partial charge in [-0.3, -0.25) is 4.79 Å². The van der Waals surface area contributed by atoms with E-state index in [0.29, 0.717) is 16.9 Å². The van der Waals surface area contributed by atoms with Crippen LogP contribution in [0.3, 0.4) is 0 Å². The smallest absolute Gasteiger partial charge is 0.336 e. The number of esters is 1. The zero-order chi connectivity index (χ0) is 14.4. The van der Waals surface area contributed by atoms with Crippen molar-refractivity contribution < 1.29 is 14.3 Å². The van der Waals surface area contributed by atoms with Crippen LogP contribution < -0.4 is 4.74 Å². The molecule has 0 spiro atoms. The van der Waals surface area contributed by atoms with Gasteiger partial charge in [0.15, 0.2) is 6.29 Å². The van der Waals surface area contributed by atoms with E-state index in [4.69, 9.17) is 16.3 Å². The molecule has 3 nitrogen and oxygen atoms in total. The minimum absolute atomic E-state index is 0.244. The Kier molecular flexibility index (Phi) is 4.69. The number of rotatable bonds is 4. The van der Waals surface area contributed by atoms with Gasteiger partial charge in [0.25, 0.3) is 0 Å². The number of ether oxygens (including phenoxy) is 1. The number of benzene rings is 2. The molecule has 0 amide bonds. The van der Waals surface area contributed by atoms with Gasteiger partial charge in [-0.2, -0.15) is 0 Å². The van der Waals surface area contributed by atoms with Crippen molar-refractivity contribution in [3.05, 3.63) is 70.8 Å². The van der Waals surface area contributed by atoms with Crippen molar-refractivity contribution >= 4 is 29.9 Å². The van der Waals surface area contributed by atoms with Crippen LogP contribution in [0.15, 0.2) is 54.6 Å². The van der Waals surface area contributed by atoms with E-state index in [2.05, 4.69) is 0 Å². The van der Waals surface area contributed by atoms with Gasteiger partial charge < -0.3 is 4.74 Å². The summed E-state index contributed by atoms with van der Waals surface area (Å²) in [6.45, 7) is 0. The first-order valence-corrected chi connectivity index (χ1v) is 6.26. The molecular formula is C16H11ClO3. The minimum atomic E-state index is -0.547. The van der Waals surface area contributed by atoms with E-state index in [1.807, 2.05) is 0 Å². The molecule has 100 valence electrons. The molecule has 0 aliphatic heterocycles. The van der Waals surface area contributed by atoms with E-state index < -0.39 is 5.97 Å². The number of hydrogen-bond acceptors (Lipinski definition) is 3. The summed E-state index contributed by atoms with van der Waals surface area (Å²) in [5, 5.41) is 0.629. The average molecular weight is 287 g/mol. The second-order valence-corrected chi connectivity index (χ2v) is 4.40. The van der Waals surface area contributed by atoms with Gasteiger partial charge in [0.1, 0.15) is 5.75 Å². The van der Waals surface area contributed by atoms with Gasteiger partial charge in [-0.05, 0) is 35.9 Å². The van der Waals surface area contributed by atoms with E-state index in [-0.39, 0.29) is 5.75 Å². The maximum Gasteiger partial charge on any atom is 0.336 e. The van der Waals surface area contributed by atoms with Gasteiger partial charge in [0.05, 0.1) is 5.56 Å². The highest BCUT2D eigenvalue weighted by Gasteiger charge is 2.05. The molecule has 0 aliphatic rings. The number of hydrogen-bond donors (Lipinski definition) is 0. The molecule has 0 bridgehead atoms. The predicted molar refractivity (Wildman–Crippen MR) is 78.0 cm³/mol. The molecule has 0 saturated heterocycles. The lowest BCUT2D eigenvalue weighted by Crippen LogP contribution is -2.05. The predicted octanol–water partition coefficient (Wildman–Crippen LogP) is 3.77. The molecule has 4 heteroatoms. The van der Waals surface area contributed by atoms with E-state index in [1.54, 1.807) is 54.6 Å². The van der Waals surface area contributed by atoms with Gasteiger partial charge in [-0.25, -0.2) is 4.79 Å². The van der Waals surface area contributed by atoms with E-state index >= 15 is 0 Å². The maximum atomic E-state index is 11.7. The summed E-state index contributed by atoms with van der Waals surface area (Å²) in [6.07, 6.45) is 3.55. The first kappa shape index (κ1) is 14.0.